The molecule has 0 saturated carbocycles. The summed E-state index contributed by atoms with van der Waals surface area (Å²) < 4.78 is 0. The lowest BCUT2D eigenvalue weighted by atomic mass is 10.1. The number of rotatable bonds is 7. The molecule has 2 nitrogen and oxygen atoms in total. The number of amides is 1. The molecule has 0 aliphatic carbocycles. The van der Waals surface area contributed by atoms with E-state index >= 15 is 0 Å². The fourth-order valence-corrected chi connectivity index (χ4v) is 3.56. The van der Waals surface area contributed by atoms with Crippen molar-refractivity contribution < 1.29 is 4.79 Å². The van der Waals surface area contributed by atoms with Gasteiger partial charge in [-0.1, -0.05) is 37.3 Å². The second-order valence-corrected chi connectivity index (χ2v) is 7.22. The van der Waals surface area contributed by atoms with E-state index in [0.717, 1.165) is 23.4 Å². The molecule has 4 heteroatoms. The van der Waals surface area contributed by atoms with Crippen LogP contribution in [0.3, 0.4) is 0 Å². The van der Waals surface area contributed by atoms with E-state index in [1.165, 1.54) is 16.0 Å². The molecule has 2 rings (SSSR count). The fraction of sp³-hybridized carbons (Fsp3) is 0.316. The maximum absolute atomic E-state index is 12.2. The summed E-state index contributed by atoms with van der Waals surface area (Å²) in [5.41, 5.74) is 4.54. The monoisotopic (exact) mass is 345 g/mol. The smallest absolute Gasteiger partial charge is 0.234 e. The summed E-state index contributed by atoms with van der Waals surface area (Å²) in [6.45, 7) is 4.15. The van der Waals surface area contributed by atoms with Crippen LogP contribution in [0.2, 0.25) is 0 Å². The Morgan fingerprint density at radius 2 is 1.87 bits per heavy atom. The van der Waals surface area contributed by atoms with Gasteiger partial charge in [0.2, 0.25) is 5.91 Å². The topological polar surface area (TPSA) is 29.1 Å². The number of nitrogens with one attached hydrogen (secondary N) is 1. The molecule has 0 saturated heterocycles. The number of hydrogen-bond donors (Lipinski definition) is 1. The third kappa shape index (κ3) is 5.33. The Labute approximate surface area is 147 Å². The van der Waals surface area contributed by atoms with E-state index in [9.17, 15) is 4.79 Å². The highest BCUT2D eigenvalue weighted by molar-refractivity contribution is 7.99. The van der Waals surface area contributed by atoms with E-state index in [0.29, 0.717) is 5.75 Å². The summed E-state index contributed by atoms with van der Waals surface area (Å²) >= 11 is 3.39. The molecule has 23 heavy (non-hydrogen) atoms. The van der Waals surface area contributed by atoms with Crippen LogP contribution in [0.4, 0.5) is 5.69 Å². The van der Waals surface area contributed by atoms with Crippen LogP contribution in [0.5, 0.6) is 0 Å². The summed E-state index contributed by atoms with van der Waals surface area (Å²) in [7, 11) is 0. The van der Waals surface area contributed by atoms with Crippen molar-refractivity contribution in [2.24, 2.45) is 0 Å². The van der Waals surface area contributed by atoms with Crippen molar-refractivity contribution >= 4 is 35.1 Å². The lowest BCUT2D eigenvalue weighted by molar-refractivity contribution is -0.113. The molecule has 0 radical (unpaired) electrons. The van der Waals surface area contributed by atoms with E-state index in [-0.39, 0.29) is 5.91 Å². The second-order valence-electron chi connectivity index (χ2n) is 5.35. The molecule has 1 amide bonds. The second kappa shape index (κ2) is 9.04. The van der Waals surface area contributed by atoms with Gasteiger partial charge in [-0.2, -0.15) is 0 Å². The van der Waals surface area contributed by atoms with Crippen molar-refractivity contribution in [2.75, 3.05) is 17.3 Å². The van der Waals surface area contributed by atoms with Crippen molar-refractivity contribution in [3.63, 3.8) is 0 Å². The van der Waals surface area contributed by atoms with Gasteiger partial charge in [0.1, 0.15) is 0 Å². The third-order valence-corrected chi connectivity index (χ3v) is 5.41. The third-order valence-electron chi connectivity index (χ3n) is 3.67. The summed E-state index contributed by atoms with van der Waals surface area (Å²) in [4.78, 5) is 13.5. The van der Waals surface area contributed by atoms with Gasteiger partial charge in [0.15, 0.2) is 0 Å². The lowest BCUT2D eigenvalue weighted by Crippen LogP contribution is -2.16. The average Bonchev–Trinajstić information content (AvgIpc) is 2.57. The van der Waals surface area contributed by atoms with E-state index in [2.05, 4.69) is 48.8 Å². The minimum Gasteiger partial charge on any atom is -0.325 e. The Hall–Kier alpha value is -1.39. The first-order valence-corrected chi connectivity index (χ1v) is 10.1. The fourth-order valence-electron chi connectivity index (χ4n) is 2.36. The summed E-state index contributed by atoms with van der Waals surface area (Å²) in [5.74, 6) is 1.40. The van der Waals surface area contributed by atoms with Gasteiger partial charge in [-0.05, 0) is 48.4 Å². The van der Waals surface area contributed by atoms with Crippen molar-refractivity contribution in [3.05, 3.63) is 59.2 Å². The van der Waals surface area contributed by atoms with Gasteiger partial charge in [-0.3, -0.25) is 4.79 Å². The molecule has 0 aromatic heterocycles. The molecule has 0 unspecified atom stereocenters. The molecule has 0 atom stereocenters. The van der Waals surface area contributed by atoms with Gasteiger partial charge < -0.3 is 5.32 Å². The highest BCUT2D eigenvalue weighted by Gasteiger charge is 2.08. The Bertz CT molecular complexity index is 653. The van der Waals surface area contributed by atoms with Gasteiger partial charge in [0, 0.05) is 16.3 Å². The molecule has 0 spiro atoms. The Kier molecular flexibility index (Phi) is 7.06. The van der Waals surface area contributed by atoms with Crippen molar-refractivity contribution in [2.45, 2.75) is 30.9 Å². The predicted octanol–water partition coefficient (Wildman–Crippen LogP) is 5.15. The SMILES string of the molecule is CCc1cccc(C)c1NC(=O)CSCc1ccc(SC)cc1. The molecule has 1 N–H and O–H groups in total. The zero-order valence-corrected chi connectivity index (χ0v) is 15.5. The first-order valence-electron chi connectivity index (χ1n) is 7.73. The van der Waals surface area contributed by atoms with Crippen LogP contribution in [0.1, 0.15) is 23.6 Å². The number of thioether (sulfide) groups is 2. The molecule has 122 valence electrons. The normalized spacial score (nSPS) is 10.6. The summed E-state index contributed by atoms with van der Waals surface area (Å²) in [5, 5.41) is 3.07. The highest BCUT2D eigenvalue weighted by atomic mass is 32.2. The van der Waals surface area contributed by atoms with E-state index in [1.54, 1.807) is 23.5 Å². The van der Waals surface area contributed by atoms with Crippen molar-refractivity contribution in [1.82, 2.24) is 0 Å². The summed E-state index contributed by atoms with van der Waals surface area (Å²) in [6.07, 6.45) is 3.00. The standard InChI is InChI=1S/C19H23NOS2/c1-4-16-7-5-6-14(2)19(16)20-18(21)13-23-12-15-8-10-17(22-3)11-9-15/h5-11H,4,12-13H2,1-3H3,(H,20,21). The zero-order chi connectivity index (χ0) is 16.7. The molecular formula is C19H23NOS2. The minimum absolute atomic E-state index is 0.0692. The molecule has 0 fully saturated rings. The van der Waals surface area contributed by atoms with Crippen molar-refractivity contribution in [3.8, 4) is 0 Å². The average molecular weight is 346 g/mol. The first-order chi connectivity index (χ1) is 11.1. The summed E-state index contributed by atoms with van der Waals surface area (Å²) in [6, 6.07) is 14.7. The Balaban J connectivity index is 1.85. The molecule has 2 aromatic rings. The number of anilines is 1. The van der Waals surface area contributed by atoms with E-state index in [4.69, 9.17) is 0 Å². The van der Waals surface area contributed by atoms with Crippen LogP contribution in [0, 0.1) is 6.92 Å². The highest BCUT2D eigenvalue weighted by Crippen LogP contribution is 2.22. The molecule has 2 aromatic carbocycles. The maximum atomic E-state index is 12.2. The van der Waals surface area contributed by atoms with E-state index < -0.39 is 0 Å². The van der Waals surface area contributed by atoms with Gasteiger partial charge in [-0.25, -0.2) is 0 Å². The molecular weight excluding hydrogens is 322 g/mol. The van der Waals surface area contributed by atoms with Crippen LogP contribution < -0.4 is 5.32 Å². The van der Waals surface area contributed by atoms with Crippen LogP contribution >= 0.6 is 23.5 Å². The number of carbonyl (C=O) groups is 1. The first kappa shape index (κ1) is 18.0. The van der Waals surface area contributed by atoms with Gasteiger partial charge in [0.25, 0.3) is 0 Å². The van der Waals surface area contributed by atoms with Crippen LogP contribution in [-0.4, -0.2) is 17.9 Å². The predicted molar refractivity (Wildman–Crippen MR) is 104 cm³/mol. The number of aryl methyl sites for hydroxylation is 2. The largest absolute Gasteiger partial charge is 0.325 e. The van der Waals surface area contributed by atoms with Crippen LogP contribution in [0.15, 0.2) is 47.4 Å². The molecule has 0 aliphatic rings. The van der Waals surface area contributed by atoms with Gasteiger partial charge in [0.05, 0.1) is 5.75 Å². The van der Waals surface area contributed by atoms with Gasteiger partial charge in [-0.15, -0.1) is 23.5 Å². The van der Waals surface area contributed by atoms with Gasteiger partial charge >= 0.3 is 0 Å². The molecule has 0 aliphatic heterocycles. The Morgan fingerprint density at radius 1 is 1.13 bits per heavy atom. The molecule has 0 heterocycles. The van der Waals surface area contributed by atoms with Crippen molar-refractivity contribution in [1.29, 1.82) is 0 Å². The van der Waals surface area contributed by atoms with E-state index in [1.807, 2.05) is 19.1 Å². The number of benzene rings is 2. The quantitative estimate of drug-likeness (QED) is 0.704. The van der Waals surface area contributed by atoms with Crippen LogP contribution in [0.25, 0.3) is 0 Å². The number of hydrogen-bond acceptors (Lipinski definition) is 3. The van der Waals surface area contributed by atoms with Crippen LogP contribution in [-0.2, 0) is 17.0 Å². The zero-order valence-electron chi connectivity index (χ0n) is 13.9. The minimum atomic E-state index is 0.0692. The maximum Gasteiger partial charge on any atom is 0.234 e. The molecule has 0 bridgehead atoms. The Morgan fingerprint density at radius 3 is 2.52 bits per heavy atom. The number of para-hydroxylation sites is 1. The lowest BCUT2D eigenvalue weighted by Gasteiger charge is -2.12. The number of carbonyl (C=O) groups excluding carboxylic acids is 1.